The number of carbonyl (C=O) groups is 18. The molecule has 3 fully saturated rings. The number of thioether (sulfide) groups is 1. The number of carbonyl (C=O) groups excluding carboxylic acids is 17. The number of aromatic amines is 1. The molecule has 145 heavy (non-hydrogen) atoms. The van der Waals surface area contributed by atoms with Crippen molar-refractivity contribution < 1.29 is 127 Å². The summed E-state index contributed by atoms with van der Waals surface area (Å²) in [5.41, 5.74) is 19.6. The van der Waals surface area contributed by atoms with Crippen LogP contribution in [0.4, 0.5) is 0 Å². The summed E-state index contributed by atoms with van der Waals surface area (Å²) in [4.78, 5) is 274. The Morgan fingerprint density at radius 1 is 0.552 bits per heavy atom. The summed E-state index contributed by atoms with van der Waals surface area (Å²) >= 11 is 0.756. The van der Waals surface area contributed by atoms with Gasteiger partial charge in [0.05, 0.1) is 50.2 Å². The van der Waals surface area contributed by atoms with Crippen LogP contribution in [0.2, 0.25) is 0 Å². The number of aliphatic carboxylic acids is 1. The van der Waals surface area contributed by atoms with E-state index in [4.69, 9.17) is 17.2 Å². The Balaban J connectivity index is 1.25. The molecule has 2 aromatic heterocycles. The Labute approximate surface area is 843 Å². The van der Waals surface area contributed by atoms with Crippen molar-refractivity contribution >= 4 is 140 Å². The molecule has 47 nitrogen and oxygen atoms in total. The number of aromatic hydroxyl groups is 1. The van der Waals surface area contributed by atoms with Crippen molar-refractivity contribution in [1.29, 1.82) is 0 Å². The number of H-pyrrole nitrogens is 1. The molecule has 17 amide bonds. The van der Waals surface area contributed by atoms with E-state index in [9.17, 15) is 79.2 Å². The number of carboxylic acid groups (broad SMARTS) is 1. The minimum atomic E-state index is -2.14. The Morgan fingerprint density at radius 3 is 1.74 bits per heavy atom. The minimum absolute atomic E-state index is 0.0207. The number of likely N-dealkylation sites (N-methyl/N-ethyl adjacent to an activating group) is 3. The topological polar surface area (TPSA) is 716 Å². The van der Waals surface area contributed by atoms with E-state index < -0.39 is 298 Å². The fourth-order valence-electron chi connectivity index (χ4n) is 17.9. The van der Waals surface area contributed by atoms with Gasteiger partial charge in [-0.3, -0.25) is 86.3 Å². The van der Waals surface area contributed by atoms with Crippen LogP contribution in [-0.2, 0) is 112 Å². The molecule has 1 unspecified atom stereocenters. The third kappa shape index (κ3) is 33.0. The number of rotatable bonds is 33. The SMILES string of the molecule is CCCC[C@H]1C(=O)N(C)[C@@H](CCCC)C(=O)N[C@@H](CC(C)C)C(=O)N[C@H](C(=O)NCC(N)=O)CSCC(=O)N[C@@H](Cc2ccc(O)cc2)C(=O)N(C)[C@@H](C)C(=O)N[C@@H](CC(N)=O)C(=O)N2CCC[C@H]2C(=O)N[C@@H](CNC(CO)[C@@H](O)[C@@H](O)[C@H](O)CO)C(=O)N[C@@H](CC(C)C)C(=O)N2C[C@H](O)C[C@H]2C(=O)N[C@@H](Cc2c[nH]c3ccccc23)C(=O)N[C@@H](CCN)C(=O)N[C@@H](Cc2cn(CC(=O)O)c3ccccc23)C(=O)N1C. The number of amides is 17. The maximum Gasteiger partial charge on any atom is 0.323 e. The van der Waals surface area contributed by atoms with Gasteiger partial charge in [0.1, 0.15) is 109 Å². The minimum Gasteiger partial charge on any atom is -0.508 e. The lowest BCUT2D eigenvalue weighted by molar-refractivity contribution is -0.149. The first kappa shape index (κ1) is 117. The number of fused-ring (bicyclic) bond motifs is 4. The molecule has 0 spiro atoms. The van der Waals surface area contributed by atoms with Gasteiger partial charge >= 0.3 is 5.97 Å². The molecular formula is C97H143N21O26S. The van der Waals surface area contributed by atoms with Gasteiger partial charge in [0, 0.05) is 106 Å². The molecule has 0 saturated carbocycles. The number of phenolic OH excluding ortho intramolecular Hbond substituents is 1. The van der Waals surface area contributed by atoms with Gasteiger partial charge in [-0.25, -0.2) is 0 Å². The molecule has 5 heterocycles. The molecule has 0 aliphatic carbocycles. The van der Waals surface area contributed by atoms with Gasteiger partial charge in [0.2, 0.25) is 100 Å². The van der Waals surface area contributed by atoms with Crippen molar-refractivity contribution in [2.45, 2.75) is 273 Å². The first-order valence-electron chi connectivity index (χ1n) is 48.8. The van der Waals surface area contributed by atoms with E-state index in [0.29, 0.717) is 64.2 Å². The molecular weight excluding hydrogens is 1910 g/mol. The number of benzene rings is 3. The average molecular weight is 2050 g/mol. The van der Waals surface area contributed by atoms with E-state index in [1.165, 1.54) is 63.1 Å². The van der Waals surface area contributed by atoms with Crippen molar-refractivity contribution in [3.63, 3.8) is 0 Å². The molecule has 5 aromatic rings. The molecule has 26 N–H and O–H groups in total. The lowest BCUT2D eigenvalue weighted by Crippen LogP contribution is -2.63. The molecule has 48 heteroatoms. The van der Waals surface area contributed by atoms with Gasteiger partial charge in [-0.05, 0) is 111 Å². The predicted octanol–water partition coefficient (Wildman–Crippen LogP) is -5.17. The number of carboxylic acids is 1. The Kier molecular flexibility index (Phi) is 45.2. The summed E-state index contributed by atoms with van der Waals surface area (Å²) in [6, 6.07) is -5.52. The zero-order valence-corrected chi connectivity index (χ0v) is 84.2. The molecule has 3 aliphatic rings. The Bertz CT molecular complexity index is 5350. The molecule has 0 radical (unpaired) electrons. The van der Waals surface area contributed by atoms with Crippen molar-refractivity contribution in [1.82, 2.24) is 92.5 Å². The number of aromatic nitrogens is 2. The third-order valence-corrected chi connectivity index (χ3v) is 27.0. The van der Waals surface area contributed by atoms with Gasteiger partial charge in [0.25, 0.3) is 0 Å². The van der Waals surface area contributed by atoms with Crippen LogP contribution in [0.15, 0.2) is 85.2 Å². The highest BCUT2D eigenvalue weighted by atomic mass is 32.2. The maximum atomic E-state index is 16.0. The monoisotopic (exact) mass is 2050 g/mol. The molecule has 798 valence electrons. The van der Waals surface area contributed by atoms with Crippen LogP contribution in [0.25, 0.3) is 21.8 Å². The van der Waals surface area contributed by atoms with Crippen LogP contribution >= 0.6 is 11.8 Å². The zero-order valence-electron chi connectivity index (χ0n) is 83.3. The van der Waals surface area contributed by atoms with Crippen molar-refractivity contribution in [3.05, 3.63) is 102 Å². The first-order chi connectivity index (χ1) is 68.7. The lowest BCUT2D eigenvalue weighted by atomic mass is 9.99. The number of aliphatic hydroxyl groups is 6. The fraction of sp³-hybridized carbons (Fsp3) is 0.588. The highest BCUT2D eigenvalue weighted by Crippen LogP contribution is 2.30. The van der Waals surface area contributed by atoms with Crippen molar-refractivity contribution in [2.24, 2.45) is 29.0 Å². The van der Waals surface area contributed by atoms with Crippen LogP contribution in [0, 0.1) is 11.8 Å². The highest BCUT2D eigenvalue weighted by molar-refractivity contribution is 8.00. The number of para-hydroxylation sites is 2. The average Bonchev–Trinajstić information content (AvgIpc) is 1.64. The Morgan fingerprint density at radius 2 is 1.10 bits per heavy atom. The van der Waals surface area contributed by atoms with Gasteiger partial charge in [-0.2, -0.15) is 0 Å². The molecule has 8 rings (SSSR count). The van der Waals surface area contributed by atoms with E-state index in [-0.39, 0.29) is 82.5 Å². The van der Waals surface area contributed by atoms with E-state index in [2.05, 4.69) is 63.5 Å². The normalized spacial score (nSPS) is 24.9. The second-order valence-corrected chi connectivity index (χ2v) is 39.0. The molecule has 3 saturated heterocycles. The quantitative estimate of drug-likeness (QED) is 0.0187. The summed E-state index contributed by atoms with van der Waals surface area (Å²) in [5.74, 6) is -20.3. The van der Waals surface area contributed by atoms with E-state index in [0.717, 1.165) is 36.3 Å². The summed E-state index contributed by atoms with van der Waals surface area (Å²) in [6.45, 7) is 6.34. The van der Waals surface area contributed by atoms with Crippen molar-refractivity contribution in [2.75, 3.05) is 78.6 Å². The number of hydrogen-bond donors (Lipinski definition) is 23. The lowest BCUT2D eigenvalue weighted by Gasteiger charge is -2.36. The number of primary amides is 2. The largest absolute Gasteiger partial charge is 0.508 e. The summed E-state index contributed by atoms with van der Waals surface area (Å²) in [5, 5.41) is 115. The number of nitrogens with one attached hydrogen (secondary N) is 12. The number of unbranched alkanes of at least 4 members (excludes halogenated alkanes) is 2. The molecule has 3 aromatic carbocycles. The molecule has 0 bridgehead atoms. The fourth-order valence-corrected chi connectivity index (χ4v) is 18.8. The van der Waals surface area contributed by atoms with Gasteiger partial charge < -0.3 is 151 Å². The zero-order chi connectivity index (χ0) is 107. The number of aliphatic hydroxyl groups excluding tert-OH is 6. The first-order valence-corrected chi connectivity index (χ1v) is 49.9. The molecule has 3 aliphatic heterocycles. The van der Waals surface area contributed by atoms with E-state index in [1.807, 2.05) is 13.8 Å². The van der Waals surface area contributed by atoms with E-state index >= 15 is 47.9 Å². The third-order valence-electron chi connectivity index (χ3n) is 26.0. The van der Waals surface area contributed by atoms with Gasteiger partial charge in [-0.15, -0.1) is 11.8 Å². The highest BCUT2D eigenvalue weighted by Gasteiger charge is 2.48. The standard InChI is InChI=1S/C97H143N21O26S/c1-11-13-23-73-90(137)106-63(34-51(3)4)87(134)112-71(85(132)103-43-79(100)125)49-145-50-80(126)104-66(36-54-27-29-57(121)30-28-54)93(140)113(8)53(7)84(131)108-68(40-78(99)124)95(142)117-33-19-26-74(117)91(138)111-69(42-102-70(47-119)82(129)83(130)77(123)48-120)89(136)109-65(35-52(5)6)96(143)118-45-58(122)39-76(118)92(139)107-64(37-55-41-101-61-22-17-15-20-59(55)61)88(135)105-62(31-32-98)86(133)110-67(94(141)115(10)75(24-14-12-2)97(144)114(73)9)38-56-44-116(46-81(127)128)72-25-18-16-21-60(56)72/h15-18,20-22,25,27-30,41,44,51-53,58,62-71,73-77,82-83,101-102,119-123,129-130H,11-14,19,23-24,26,31-40,42-43,45-50,98H2,1-10H3,(H2,99,124)(H2,100,125)(H,103,132)(H,104,126)(H,105,135)(H,106,137)(H,107,139)(H,108,131)(H,109,136)(H,110,133)(H,111,138)(H,112,134)(H,127,128)/t53-,58+,62-,63-,64-,65-,66-,67-,68-,69-,70?,71-,73-,74-,75-,76-,77+,82+,83-/m0/s1. The van der Waals surface area contributed by atoms with Crippen LogP contribution in [0.1, 0.15) is 149 Å². The molecule has 19 atom stereocenters. The Hall–Kier alpha value is -13.0. The predicted molar refractivity (Wildman–Crippen MR) is 530 cm³/mol. The van der Waals surface area contributed by atoms with Gasteiger partial charge in [0.15, 0.2) is 0 Å². The summed E-state index contributed by atoms with van der Waals surface area (Å²) < 4.78 is 1.42. The number of phenols is 1. The smallest absolute Gasteiger partial charge is 0.323 e. The van der Waals surface area contributed by atoms with Crippen LogP contribution in [0.5, 0.6) is 5.75 Å². The van der Waals surface area contributed by atoms with Crippen LogP contribution in [-0.4, -0.2) is 375 Å². The second kappa shape index (κ2) is 55.9. The number of nitrogens with zero attached hydrogens (tertiary/aromatic N) is 6. The summed E-state index contributed by atoms with van der Waals surface area (Å²) in [6.07, 6.45) is -6.41. The number of hydrogen-bond acceptors (Lipinski definition) is 28. The number of nitrogens with two attached hydrogens (primary N) is 3. The van der Waals surface area contributed by atoms with E-state index in [1.54, 1.807) is 82.4 Å². The second-order valence-electron chi connectivity index (χ2n) is 38.0. The van der Waals surface area contributed by atoms with Crippen LogP contribution < -0.4 is 75.7 Å². The van der Waals surface area contributed by atoms with Crippen LogP contribution in [0.3, 0.4) is 0 Å². The van der Waals surface area contributed by atoms with Gasteiger partial charge in [-0.1, -0.05) is 116 Å². The summed E-state index contributed by atoms with van der Waals surface area (Å²) in [7, 11) is 3.84. The maximum absolute atomic E-state index is 16.0. The van der Waals surface area contributed by atoms with Crippen molar-refractivity contribution in [3.8, 4) is 5.75 Å².